The van der Waals surface area contributed by atoms with Crippen LogP contribution in [-0.2, 0) is 11.3 Å². The van der Waals surface area contributed by atoms with Gasteiger partial charge >= 0.3 is 0 Å². The quantitative estimate of drug-likeness (QED) is 0.856. The summed E-state index contributed by atoms with van der Waals surface area (Å²) >= 11 is 0. The number of hydrogen-bond donors (Lipinski definition) is 1. The normalized spacial score (nSPS) is 19.6. The van der Waals surface area contributed by atoms with Crippen molar-refractivity contribution in [1.82, 2.24) is 9.88 Å². The molecule has 1 fully saturated rings. The summed E-state index contributed by atoms with van der Waals surface area (Å²) in [6.07, 6.45) is 5.97. The summed E-state index contributed by atoms with van der Waals surface area (Å²) in [5.41, 5.74) is 2.26. The Morgan fingerprint density at radius 1 is 1.47 bits per heavy atom. The van der Waals surface area contributed by atoms with Crippen LogP contribution in [0.5, 0.6) is 0 Å². The summed E-state index contributed by atoms with van der Waals surface area (Å²) in [5.74, 6) is 0. The first-order valence-corrected chi connectivity index (χ1v) is 7.27. The molecule has 106 valence electrons. The number of nitrogens with one attached hydrogen (secondary N) is 1. The third-order valence-corrected chi connectivity index (χ3v) is 3.42. The number of pyridine rings is 1. The topological polar surface area (TPSA) is 37.4 Å². The van der Waals surface area contributed by atoms with Crippen LogP contribution in [0.1, 0.15) is 31.9 Å². The summed E-state index contributed by atoms with van der Waals surface area (Å²) in [4.78, 5) is 6.73. The molecular formula is C15H25N3O. The minimum Gasteiger partial charge on any atom is -0.385 e. The zero-order chi connectivity index (χ0) is 13.5. The lowest BCUT2D eigenvalue weighted by atomic mass is 10.1. The number of rotatable bonds is 6. The standard InChI is InChI=1S/C15H25N3O/c1-3-16-13-7-8-17-14(10-13)11-18(2)12-15-6-4-5-9-19-15/h7-8,10,15H,3-6,9,11-12H2,1-2H3,(H,16,17). The monoisotopic (exact) mass is 263 g/mol. The van der Waals surface area contributed by atoms with E-state index in [1.165, 1.54) is 19.3 Å². The van der Waals surface area contributed by atoms with Crippen molar-refractivity contribution < 1.29 is 4.74 Å². The molecule has 0 amide bonds. The molecule has 0 aliphatic carbocycles. The Morgan fingerprint density at radius 3 is 3.11 bits per heavy atom. The van der Waals surface area contributed by atoms with Gasteiger partial charge in [0.2, 0.25) is 0 Å². The maximum Gasteiger partial charge on any atom is 0.0702 e. The fourth-order valence-corrected chi connectivity index (χ4v) is 2.52. The van der Waals surface area contributed by atoms with Crippen LogP contribution in [0.3, 0.4) is 0 Å². The number of ether oxygens (including phenoxy) is 1. The molecule has 0 saturated carbocycles. The maximum atomic E-state index is 5.77. The lowest BCUT2D eigenvalue weighted by molar-refractivity contribution is -0.00274. The lowest BCUT2D eigenvalue weighted by Crippen LogP contribution is -2.33. The lowest BCUT2D eigenvalue weighted by Gasteiger charge is -2.27. The number of anilines is 1. The SMILES string of the molecule is CCNc1ccnc(CN(C)CC2CCCCO2)c1. The molecule has 4 nitrogen and oxygen atoms in total. The third kappa shape index (κ3) is 4.80. The first kappa shape index (κ1) is 14.3. The van der Waals surface area contributed by atoms with Crippen molar-refractivity contribution in [3.05, 3.63) is 24.0 Å². The predicted octanol–water partition coefficient (Wildman–Crippen LogP) is 2.51. The van der Waals surface area contributed by atoms with E-state index in [1.54, 1.807) is 0 Å². The molecule has 19 heavy (non-hydrogen) atoms. The average Bonchev–Trinajstić information content (AvgIpc) is 2.40. The van der Waals surface area contributed by atoms with Crippen molar-refractivity contribution in [3.8, 4) is 0 Å². The second-order valence-corrected chi connectivity index (χ2v) is 5.25. The van der Waals surface area contributed by atoms with Crippen LogP contribution in [0.25, 0.3) is 0 Å². The summed E-state index contributed by atoms with van der Waals surface area (Å²) in [7, 11) is 2.14. The Balaban J connectivity index is 1.83. The fraction of sp³-hybridized carbons (Fsp3) is 0.667. The van der Waals surface area contributed by atoms with Crippen LogP contribution in [0.2, 0.25) is 0 Å². The number of hydrogen-bond acceptors (Lipinski definition) is 4. The highest BCUT2D eigenvalue weighted by molar-refractivity contribution is 5.42. The molecule has 1 atom stereocenters. The Bertz CT molecular complexity index is 377. The van der Waals surface area contributed by atoms with Gasteiger partial charge in [-0.05, 0) is 45.4 Å². The van der Waals surface area contributed by atoms with Crippen molar-refractivity contribution in [2.24, 2.45) is 0 Å². The van der Waals surface area contributed by atoms with E-state index < -0.39 is 0 Å². The average molecular weight is 263 g/mol. The van der Waals surface area contributed by atoms with Crippen molar-refractivity contribution in [2.45, 2.75) is 38.8 Å². The molecule has 2 heterocycles. The molecule has 1 aliphatic rings. The van der Waals surface area contributed by atoms with Crippen molar-refractivity contribution in [2.75, 3.05) is 32.1 Å². The fourth-order valence-electron chi connectivity index (χ4n) is 2.52. The Kier molecular flexibility index (Phi) is 5.61. The van der Waals surface area contributed by atoms with Gasteiger partial charge in [0.1, 0.15) is 0 Å². The summed E-state index contributed by atoms with van der Waals surface area (Å²) in [6, 6.07) is 4.14. The zero-order valence-corrected chi connectivity index (χ0v) is 12.1. The molecule has 2 rings (SSSR count). The summed E-state index contributed by atoms with van der Waals surface area (Å²) in [5, 5.41) is 3.32. The molecule has 1 N–H and O–H groups in total. The van der Waals surface area contributed by atoms with Crippen LogP contribution in [-0.4, -0.2) is 42.7 Å². The van der Waals surface area contributed by atoms with Crippen molar-refractivity contribution >= 4 is 5.69 Å². The van der Waals surface area contributed by atoms with Gasteiger partial charge in [0.05, 0.1) is 11.8 Å². The molecule has 0 aromatic carbocycles. The Morgan fingerprint density at radius 2 is 2.37 bits per heavy atom. The highest BCUT2D eigenvalue weighted by Crippen LogP contribution is 2.15. The van der Waals surface area contributed by atoms with Crippen LogP contribution in [0.4, 0.5) is 5.69 Å². The molecular weight excluding hydrogens is 238 g/mol. The summed E-state index contributed by atoms with van der Waals surface area (Å²) in [6.45, 7) is 5.83. The number of aromatic nitrogens is 1. The highest BCUT2D eigenvalue weighted by Gasteiger charge is 2.16. The molecule has 4 heteroatoms. The first-order valence-electron chi connectivity index (χ1n) is 7.27. The molecule has 0 radical (unpaired) electrons. The zero-order valence-electron chi connectivity index (χ0n) is 12.1. The summed E-state index contributed by atoms with van der Waals surface area (Å²) < 4.78 is 5.77. The van der Waals surface area contributed by atoms with Crippen molar-refractivity contribution in [3.63, 3.8) is 0 Å². The van der Waals surface area contributed by atoms with Crippen LogP contribution in [0, 0.1) is 0 Å². The minimum absolute atomic E-state index is 0.399. The van der Waals surface area contributed by atoms with E-state index in [4.69, 9.17) is 4.74 Å². The maximum absolute atomic E-state index is 5.77. The van der Waals surface area contributed by atoms with E-state index >= 15 is 0 Å². The van der Waals surface area contributed by atoms with Crippen LogP contribution >= 0.6 is 0 Å². The van der Waals surface area contributed by atoms with Gasteiger partial charge in [-0.1, -0.05) is 0 Å². The molecule has 1 aromatic heterocycles. The third-order valence-electron chi connectivity index (χ3n) is 3.42. The van der Waals surface area contributed by atoms with Crippen LogP contribution < -0.4 is 5.32 Å². The Hall–Kier alpha value is -1.13. The molecule has 1 saturated heterocycles. The van der Waals surface area contributed by atoms with E-state index in [0.717, 1.165) is 37.6 Å². The first-order chi connectivity index (χ1) is 9.28. The predicted molar refractivity (Wildman–Crippen MR) is 78.3 cm³/mol. The number of likely N-dealkylation sites (N-methyl/N-ethyl adjacent to an activating group) is 1. The molecule has 1 unspecified atom stereocenters. The van der Waals surface area contributed by atoms with Gasteiger partial charge in [-0.25, -0.2) is 0 Å². The van der Waals surface area contributed by atoms with Gasteiger partial charge in [0, 0.05) is 38.1 Å². The van der Waals surface area contributed by atoms with E-state index in [-0.39, 0.29) is 0 Å². The Labute approximate surface area is 116 Å². The van der Waals surface area contributed by atoms with Gasteiger partial charge in [0.25, 0.3) is 0 Å². The van der Waals surface area contributed by atoms with Crippen LogP contribution in [0.15, 0.2) is 18.3 Å². The second-order valence-electron chi connectivity index (χ2n) is 5.25. The van der Waals surface area contributed by atoms with Gasteiger partial charge < -0.3 is 10.1 Å². The van der Waals surface area contributed by atoms with Gasteiger partial charge in [0.15, 0.2) is 0 Å². The van der Waals surface area contributed by atoms with E-state index in [0.29, 0.717) is 6.10 Å². The molecule has 1 aliphatic heterocycles. The second kappa shape index (κ2) is 7.46. The van der Waals surface area contributed by atoms with Gasteiger partial charge in [-0.15, -0.1) is 0 Å². The largest absolute Gasteiger partial charge is 0.385 e. The highest BCUT2D eigenvalue weighted by atomic mass is 16.5. The van der Waals surface area contributed by atoms with Gasteiger partial charge in [-0.2, -0.15) is 0 Å². The van der Waals surface area contributed by atoms with E-state index in [1.807, 2.05) is 12.3 Å². The molecule has 0 spiro atoms. The number of nitrogens with zero attached hydrogens (tertiary/aromatic N) is 2. The van der Waals surface area contributed by atoms with E-state index in [2.05, 4.69) is 35.2 Å². The smallest absolute Gasteiger partial charge is 0.0702 e. The van der Waals surface area contributed by atoms with E-state index in [9.17, 15) is 0 Å². The molecule has 0 bridgehead atoms. The molecule has 1 aromatic rings. The van der Waals surface area contributed by atoms with Crippen molar-refractivity contribution in [1.29, 1.82) is 0 Å². The minimum atomic E-state index is 0.399. The van der Waals surface area contributed by atoms with Gasteiger partial charge in [-0.3, -0.25) is 9.88 Å².